The molecule has 2 rings (SSSR count). The van der Waals surface area contributed by atoms with E-state index in [-0.39, 0.29) is 11.9 Å². The van der Waals surface area contributed by atoms with Crippen LogP contribution >= 0.6 is 11.3 Å². The molecule has 0 radical (unpaired) electrons. The zero-order valence-corrected chi connectivity index (χ0v) is 13.6. The summed E-state index contributed by atoms with van der Waals surface area (Å²) in [5.41, 5.74) is 2.36. The predicted octanol–water partition coefficient (Wildman–Crippen LogP) is 3.37. The molecular formula is C17H22N2OS. The summed E-state index contributed by atoms with van der Waals surface area (Å²) in [4.78, 5) is 15.4. The molecule has 3 nitrogen and oxygen atoms in total. The summed E-state index contributed by atoms with van der Waals surface area (Å²) >= 11 is 1.72. The second-order valence-corrected chi connectivity index (χ2v) is 6.35. The monoisotopic (exact) mass is 302 g/mol. The van der Waals surface area contributed by atoms with Crippen LogP contribution in [0.3, 0.4) is 0 Å². The number of aryl methyl sites for hydroxylation is 1. The molecule has 1 amide bonds. The smallest absolute Gasteiger partial charge is 0.234 e. The van der Waals surface area contributed by atoms with E-state index in [1.165, 1.54) is 10.4 Å². The van der Waals surface area contributed by atoms with E-state index in [0.29, 0.717) is 13.1 Å². The molecule has 0 fully saturated rings. The van der Waals surface area contributed by atoms with Crippen LogP contribution in [0.25, 0.3) is 0 Å². The number of hydrogen-bond donors (Lipinski definition) is 1. The first-order valence-corrected chi connectivity index (χ1v) is 8.00. The van der Waals surface area contributed by atoms with Crippen molar-refractivity contribution < 1.29 is 4.79 Å². The van der Waals surface area contributed by atoms with Crippen molar-refractivity contribution in [2.45, 2.75) is 26.4 Å². The normalized spacial score (nSPS) is 12.4. The van der Waals surface area contributed by atoms with Gasteiger partial charge in [-0.05, 0) is 37.9 Å². The van der Waals surface area contributed by atoms with Crippen LogP contribution in [0.2, 0.25) is 0 Å². The third kappa shape index (κ3) is 4.69. The topological polar surface area (TPSA) is 32.3 Å². The Morgan fingerprint density at radius 2 is 2.00 bits per heavy atom. The second kappa shape index (κ2) is 7.38. The maximum Gasteiger partial charge on any atom is 0.234 e. The molecular weight excluding hydrogens is 280 g/mol. The molecule has 1 heterocycles. The highest BCUT2D eigenvalue weighted by Gasteiger charge is 2.15. The van der Waals surface area contributed by atoms with Crippen molar-refractivity contribution in [3.8, 4) is 0 Å². The molecule has 1 aromatic carbocycles. The molecule has 1 N–H and O–H groups in total. The molecule has 21 heavy (non-hydrogen) atoms. The minimum atomic E-state index is 0.0569. The van der Waals surface area contributed by atoms with Crippen LogP contribution in [-0.4, -0.2) is 24.4 Å². The largest absolute Gasteiger partial charge is 0.351 e. The fourth-order valence-corrected chi connectivity index (χ4v) is 2.92. The Kier molecular flexibility index (Phi) is 5.53. The number of benzene rings is 1. The average Bonchev–Trinajstić information content (AvgIpc) is 3.00. The molecule has 4 heteroatoms. The summed E-state index contributed by atoms with van der Waals surface area (Å²) in [5, 5.41) is 5.04. The fraction of sp³-hybridized carbons (Fsp3) is 0.353. The predicted molar refractivity (Wildman–Crippen MR) is 88.4 cm³/mol. The number of carbonyl (C=O) groups is 1. The van der Waals surface area contributed by atoms with Crippen LogP contribution in [0.5, 0.6) is 0 Å². The Morgan fingerprint density at radius 3 is 2.62 bits per heavy atom. The zero-order chi connectivity index (χ0) is 15.2. The highest BCUT2D eigenvalue weighted by Crippen LogP contribution is 2.22. The van der Waals surface area contributed by atoms with Gasteiger partial charge in [-0.25, -0.2) is 0 Å². The summed E-state index contributed by atoms with van der Waals surface area (Å²) in [5.74, 6) is 0.0569. The van der Waals surface area contributed by atoms with Gasteiger partial charge in [0, 0.05) is 17.5 Å². The Morgan fingerprint density at radius 1 is 1.29 bits per heavy atom. The quantitative estimate of drug-likeness (QED) is 0.887. The minimum absolute atomic E-state index is 0.0569. The lowest BCUT2D eigenvalue weighted by molar-refractivity contribution is -0.122. The minimum Gasteiger partial charge on any atom is -0.351 e. The molecule has 0 aliphatic rings. The Hall–Kier alpha value is -1.65. The van der Waals surface area contributed by atoms with Gasteiger partial charge in [-0.1, -0.05) is 35.9 Å². The molecule has 0 spiro atoms. The van der Waals surface area contributed by atoms with Crippen LogP contribution in [0.15, 0.2) is 41.8 Å². The average molecular weight is 302 g/mol. The van der Waals surface area contributed by atoms with Crippen molar-refractivity contribution in [1.29, 1.82) is 0 Å². The molecule has 0 saturated heterocycles. The van der Waals surface area contributed by atoms with Gasteiger partial charge < -0.3 is 5.32 Å². The fourth-order valence-electron chi connectivity index (χ4n) is 2.07. The van der Waals surface area contributed by atoms with Crippen molar-refractivity contribution >= 4 is 17.2 Å². The van der Waals surface area contributed by atoms with Crippen LogP contribution in [-0.2, 0) is 11.3 Å². The lowest BCUT2D eigenvalue weighted by Crippen LogP contribution is -2.35. The van der Waals surface area contributed by atoms with E-state index in [9.17, 15) is 4.79 Å². The van der Waals surface area contributed by atoms with Gasteiger partial charge in [0.2, 0.25) is 5.91 Å². The number of nitrogens with zero attached hydrogens (tertiary/aromatic N) is 1. The number of nitrogens with one attached hydrogen (secondary N) is 1. The molecule has 1 aromatic heterocycles. The molecule has 2 aromatic rings. The molecule has 1 atom stereocenters. The van der Waals surface area contributed by atoms with Crippen molar-refractivity contribution in [2.75, 3.05) is 13.6 Å². The Bertz CT molecular complexity index is 563. The number of thiophene rings is 1. The van der Waals surface area contributed by atoms with Gasteiger partial charge in [-0.3, -0.25) is 9.69 Å². The van der Waals surface area contributed by atoms with E-state index in [1.807, 2.05) is 25.2 Å². The molecule has 0 aliphatic heterocycles. The second-order valence-electron chi connectivity index (χ2n) is 5.37. The number of rotatable bonds is 6. The van der Waals surface area contributed by atoms with E-state index >= 15 is 0 Å². The zero-order valence-electron chi connectivity index (χ0n) is 12.8. The first-order chi connectivity index (χ1) is 10.1. The Labute approximate surface area is 130 Å². The third-order valence-corrected chi connectivity index (χ3v) is 4.66. The lowest BCUT2D eigenvalue weighted by atomic mass is 10.1. The van der Waals surface area contributed by atoms with Gasteiger partial charge >= 0.3 is 0 Å². The van der Waals surface area contributed by atoms with E-state index in [2.05, 4.69) is 47.6 Å². The number of hydrogen-bond acceptors (Lipinski definition) is 3. The highest BCUT2D eigenvalue weighted by molar-refractivity contribution is 7.10. The van der Waals surface area contributed by atoms with E-state index in [0.717, 1.165) is 5.56 Å². The van der Waals surface area contributed by atoms with Gasteiger partial charge in [0.1, 0.15) is 0 Å². The van der Waals surface area contributed by atoms with Crippen LogP contribution in [0, 0.1) is 6.92 Å². The molecule has 112 valence electrons. The SMILES string of the molecule is Cc1ccc(CNC(=O)CN(C)C(C)c2cccs2)cc1. The van der Waals surface area contributed by atoms with E-state index in [1.54, 1.807) is 11.3 Å². The first-order valence-electron chi connectivity index (χ1n) is 7.12. The summed E-state index contributed by atoms with van der Waals surface area (Å²) in [7, 11) is 1.98. The number of amides is 1. The van der Waals surface area contributed by atoms with Crippen molar-refractivity contribution in [3.05, 3.63) is 57.8 Å². The number of likely N-dealkylation sites (N-methyl/N-ethyl adjacent to an activating group) is 1. The highest BCUT2D eigenvalue weighted by atomic mass is 32.1. The third-order valence-electron chi connectivity index (χ3n) is 3.62. The summed E-state index contributed by atoms with van der Waals surface area (Å²) < 4.78 is 0. The maximum absolute atomic E-state index is 12.0. The van der Waals surface area contributed by atoms with Crippen LogP contribution in [0.1, 0.15) is 29.0 Å². The van der Waals surface area contributed by atoms with Crippen molar-refractivity contribution in [2.24, 2.45) is 0 Å². The van der Waals surface area contributed by atoms with Gasteiger partial charge in [-0.2, -0.15) is 0 Å². The van der Waals surface area contributed by atoms with Crippen LogP contribution < -0.4 is 5.32 Å². The maximum atomic E-state index is 12.0. The van der Waals surface area contributed by atoms with E-state index in [4.69, 9.17) is 0 Å². The standard InChI is InChI=1S/C17H22N2OS/c1-13-6-8-15(9-7-13)11-18-17(20)12-19(3)14(2)16-5-4-10-21-16/h4-10,14H,11-12H2,1-3H3,(H,18,20). The van der Waals surface area contributed by atoms with Crippen molar-refractivity contribution in [1.82, 2.24) is 10.2 Å². The first kappa shape index (κ1) is 15.7. The van der Waals surface area contributed by atoms with Gasteiger partial charge in [-0.15, -0.1) is 11.3 Å². The van der Waals surface area contributed by atoms with Crippen LogP contribution in [0.4, 0.5) is 0 Å². The summed E-state index contributed by atoms with van der Waals surface area (Å²) in [6.07, 6.45) is 0. The van der Waals surface area contributed by atoms with Gasteiger partial charge in [0.05, 0.1) is 6.54 Å². The number of carbonyl (C=O) groups excluding carboxylic acids is 1. The van der Waals surface area contributed by atoms with Crippen molar-refractivity contribution in [3.63, 3.8) is 0 Å². The lowest BCUT2D eigenvalue weighted by Gasteiger charge is -2.23. The molecule has 1 unspecified atom stereocenters. The Balaban J connectivity index is 1.80. The molecule has 0 saturated carbocycles. The molecule has 0 aliphatic carbocycles. The van der Waals surface area contributed by atoms with E-state index < -0.39 is 0 Å². The van der Waals surface area contributed by atoms with Gasteiger partial charge in [0.15, 0.2) is 0 Å². The van der Waals surface area contributed by atoms with Gasteiger partial charge in [0.25, 0.3) is 0 Å². The molecule has 0 bridgehead atoms. The summed E-state index contributed by atoms with van der Waals surface area (Å²) in [6, 6.07) is 12.6. The summed E-state index contributed by atoms with van der Waals surface area (Å²) in [6.45, 7) is 5.17.